The average molecular weight is 230 g/mol. The number of carbonyl (C=O) groups excluding carboxylic acids is 1. The summed E-state index contributed by atoms with van der Waals surface area (Å²) in [7, 11) is 1.69. The van der Waals surface area contributed by atoms with E-state index in [0.29, 0.717) is 18.4 Å². The monoisotopic (exact) mass is 230 g/mol. The van der Waals surface area contributed by atoms with E-state index >= 15 is 0 Å². The molecule has 0 fully saturated rings. The minimum absolute atomic E-state index is 0.0679. The molecule has 0 aromatic heterocycles. The highest BCUT2D eigenvalue weighted by molar-refractivity contribution is 5.81. The van der Waals surface area contributed by atoms with E-state index < -0.39 is 0 Å². The van der Waals surface area contributed by atoms with E-state index in [2.05, 4.69) is 31.4 Å². The zero-order chi connectivity index (χ0) is 12.6. The van der Waals surface area contributed by atoms with Gasteiger partial charge in [0.05, 0.1) is 6.04 Å². The molecule has 0 saturated carbocycles. The fourth-order valence-electron chi connectivity index (χ4n) is 1.27. The molecule has 0 radical (unpaired) electrons. The van der Waals surface area contributed by atoms with Crippen LogP contribution in [0.4, 0.5) is 0 Å². The summed E-state index contributed by atoms with van der Waals surface area (Å²) in [6.45, 7) is 10.4. The number of methoxy groups -OCH3 is 1. The lowest BCUT2D eigenvalue weighted by atomic mass is 10.2. The third-order valence-corrected chi connectivity index (χ3v) is 2.30. The summed E-state index contributed by atoms with van der Waals surface area (Å²) in [5.74, 6) is 0.979. The fraction of sp³-hybridized carbons (Fsp3) is 0.917. The highest BCUT2D eigenvalue weighted by Crippen LogP contribution is 1.94. The van der Waals surface area contributed by atoms with Crippen LogP contribution in [-0.4, -0.2) is 38.8 Å². The van der Waals surface area contributed by atoms with Gasteiger partial charge in [0.25, 0.3) is 0 Å². The molecule has 4 heteroatoms. The normalized spacial score (nSPS) is 14.9. The molecule has 16 heavy (non-hydrogen) atoms. The largest absolute Gasteiger partial charge is 0.384 e. The van der Waals surface area contributed by atoms with Crippen molar-refractivity contribution in [3.05, 3.63) is 0 Å². The van der Waals surface area contributed by atoms with Crippen LogP contribution in [0.2, 0.25) is 0 Å². The predicted molar refractivity (Wildman–Crippen MR) is 66.4 cm³/mol. The van der Waals surface area contributed by atoms with Crippen molar-refractivity contribution < 1.29 is 9.53 Å². The van der Waals surface area contributed by atoms with Crippen molar-refractivity contribution in [2.24, 2.45) is 11.8 Å². The van der Waals surface area contributed by atoms with E-state index in [9.17, 15) is 4.79 Å². The number of rotatable bonds is 8. The first-order valence-electron chi connectivity index (χ1n) is 5.97. The van der Waals surface area contributed by atoms with Crippen molar-refractivity contribution in [1.82, 2.24) is 10.6 Å². The van der Waals surface area contributed by atoms with Crippen LogP contribution in [0.3, 0.4) is 0 Å². The minimum atomic E-state index is -0.141. The molecule has 0 aliphatic carbocycles. The molecule has 0 aliphatic heterocycles. The lowest BCUT2D eigenvalue weighted by Gasteiger charge is -2.17. The zero-order valence-corrected chi connectivity index (χ0v) is 11.2. The summed E-state index contributed by atoms with van der Waals surface area (Å²) in [5.41, 5.74) is 0. The molecule has 0 aromatic carbocycles. The third-order valence-electron chi connectivity index (χ3n) is 2.30. The van der Waals surface area contributed by atoms with Gasteiger partial charge in [0, 0.05) is 26.8 Å². The van der Waals surface area contributed by atoms with Crippen LogP contribution in [0.15, 0.2) is 0 Å². The molecule has 2 N–H and O–H groups in total. The molecule has 0 heterocycles. The Labute approximate surface area is 99.1 Å². The Morgan fingerprint density at radius 2 is 1.81 bits per heavy atom. The van der Waals surface area contributed by atoms with Gasteiger partial charge < -0.3 is 15.4 Å². The van der Waals surface area contributed by atoms with Crippen molar-refractivity contribution in [1.29, 1.82) is 0 Å². The minimum Gasteiger partial charge on any atom is -0.384 e. The van der Waals surface area contributed by atoms with E-state index in [1.165, 1.54) is 0 Å². The first kappa shape index (κ1) is 15.4. The number of amides is 1. The molecule has 4 nitrogen and oxygen atoms in total. The van der Waals surface area contributed by atoms with E-state index in [1.54, 1.807) is 7.11 Å². The quantitative estimate of drug-likeness (QED) is 0.654. The maximum Gasteiger partial charge on any atom is 0.236 e. The standard InChI is InChI=1S/C12H26N2O2/c1-9(2)6-14-12(15)11(4)13-7-10(3)8-16-5/h9-11,13H,6-8H2,1-5H3,(H,14,15). The Balaban J connectivity index is 3.70. The summed E-state index contributed by atoms with van der Waals surface area (Å²) in [6.07, 6.45) is 0. The Hall–Kier alpha value is -0.610. The van der Waals surface area contributed by atoms with E-state index in [4.69, 9.17) is 4.74 Å². The first-order valence-corrected chi connectivity index (χ1v) is 5.97. The fourth-order valence-corrected chi connectivity index (χ4v) is 1.27. The van der Waals surface area contributed by atoms with Gasteiger partial charge in [0.2, 0.25) is 5.91 Å². The van der Waals surface area contributed by atoms with Crippen LogP contribution in [-0.2, 0) is 9.53 Å². The van der Waals surface area contributed by atoms with Gasteiger partial charge in [0.15, 0.2) is 0 Å². The molecule has 0 saturated heterocycles. The maximum absolute atomic E-state index is 11.6. The van der Waals surface area contributed by atoms with Crippen LogP contribution in [0.5, 0.6) is 0 Å². The van der Waals surface area contributed by atoms with Gasteiger partial charge in [-0.3, -0.25) is 4.79 Å². The van der Waals surface area contributed by atoms with Gasteiger partial charge in [-0.2, -0.15) is 0 Å². The van der Waals surface area contributed by atoms with Crippen molar-refractivity contribution in [2.45, 2.75) is 33.7 Å². The zero-order valence-electron chi connectivity index (χ0n) is 11.2. The van der Waals surface area contributed by atoms with Crippen LogP contribution in [0, 0.1) is 11.8 Å². The molecular weight excluding hydrogens is 204 g/mol. The van der Waals surface area contributed by atoms with Crippen LogP contribution in [0.25, 0.3) is 0 Å². The molecule has 0 aliphatic rings. The average Bonchev–Trinajstić information content (AvgIpc) is 2.22. The molecular formula is C12H26N2O2. The highest BCUT2D eigenvalue weighted by atomic mass is 16.5. The highest BCUT2D eigenvalue weighted by Gasteiger charge is 2.13. The maximum atomic E-state index is 11.6. The van der Waals surface area contributed by atoms with Crippen molar-refractivity contribution in [3.63, 3.8) is 0 Å². The number of ether oxygens (including phenoxy) is 1. The summed E-state index contributed by atoms with van der Waals surface area (Å²) < 4.78 is 5.03. The molecule has 0 rings (SSSR count). The van der Waals surface area contributed by atoms with E-state index in [1.807, 2.05) is 6.92 Å². The number of hydrogen-bond acceptors (Lipinski definition) is 3. The second-order valence-corrected chi connectivity index (χ2v) is 4.83. The lowest BCUT2D eigenvalue weighted by Crippen LogP contribution is -2.44. The van der Waals surface area contributed by atoms with Crippen molar-refractivity contribution >= 4 is 5.91 Å². The van der Waals surface area contributed by atoms with Crippen molar-refractivity contribution in [3.8, 4) is 0 Å². The molecule has 96 valence electrons. The Kier molecular flexibility index (Phi) is 8.21. The molecule has 0 aromatic rings. The van der Waals surface area contributed by atoms with Crippen LogP contribution < -0.4 is 10.6 Å². The lowest BCUT2D eigenvalue weighted by molar-refractivity contribution is -0.122. The summed E-state index contributed by atoms with van der Waals surface area (Å²) in [4.78, 5) is 11.6. The molecule has 1 amide bonds. The van der Waals surface area contributed by atoms with Crippen LogP contribution >= 0.6 is 0 Å². The topological polar surface area (TPSA) is 50.4 Å². The van der Waals surface area contributed by atoms with Crippen molar-refractivity contribution in [2.75, 3.05) is 26.8 Å². The van der Waals surface area contributed by atoms with Gasteiger partial charge in [0.1, 0.15) is 0 Å². The number of nitrogens with one attached hydrogen (secondary N) is 2. The Bertz CT molecular complexity index is 195. The van der Waals surface area contributed by atoms with Gasteiger partial charge in [-0.1, -0.05) is 20.8 Å². The second kappa shape index (κ2) is 8.53. The van der Waals surface area contributed by atoms with Gasteiger partial charge >= 0.3 is 0 Å². The Morgan fingerprint density at radius 1 is 1.19 bits per heavy atom. The smallest absolute Gasteiger partial charge is 0.236 e. The molecule has 2 atom stereocenters. The van der Waals surface area contributed by atoms with E-state index in [0.717, 1.165) is 13.1 Å². The molecule has 0 bridgehead atoms. The summed E-state index contributed by atoms with van der Waals surface area (Å²) >= 11 is 0. The van der Waals surface area contributed by atoms with Gasteiger partial charge in [-0.05, 0) is 18.8 Å². The molecule has 2 unspecified atom stereocenters. The number of carbonyl (C=O) groups is 1. The van der Waals surface area contributed by atoms with Gasteiger partial charge in [-0.15, -0.1) is 0 Å². The number of hydrogen-bond donors (Lipinski definition) is 2. The first-order chi connectivity index (χ1) is 7.47. The van der Waals surface area contributed by atoms with Crippen LogP contribution in [0.1, 0.15) is 27.7 Å². The summed E-state index contributed by atoms with van der Waals surface area (Å²) in [5, 5.41) is 6.10. The Morgan fingerprint density at radius 3 is 2.31 bits per heavy atom. The summed E-state index contributed by atoms with van der Waals surface area (Å²) in [6, 6.07) is -0.141. The van der Waals surface area contributed by atoms with Gasteiger partial charge in [-0.25, -0.2) is 0 Å². The van der Waals surface area contributed by atoms with E-state index in [-0.39, 0.29) is 11.9 Å². The molecule has 0 spiro atoms. The second-order valence-electron chi connectivity index (χ2n) is 4.83. The SMILES string of the molecule is COCC(C)CNC(C)C(=O)NCC(C)C. The predicted octanol–water partition coefficient (Wildman–Crippen LogP) is 1.02. The third kappa shape index (κ3) is 7.65.